The van der Waals surface area contributed by atoms with Crippen molar-refractivity contribution in [2.75, 3.05) is 0 Å². The van der Waals surface area contributed by atoms with Crippen molar-refractivity contribution in [2.45, 2.75) is 45.0 Å². The van der Waals surface area contributed by atoms with Crippen molar-refractivity contribution in [3.63, 3.8) is 0 Å². The lowest BCUT2D eigenvalue weighted by molar-refractivity contribution is -0.208. The second-order valence-electron chi connectivity index (χ2n) is 4.49. The topological polar surface area (TPSA) is 63.8 Å². The molecule has 1 atom stereocenters. The summed E-state index contributed by atoms with van der Waals surface area (Å²) in [7, 11) is 0. The molecule has 0 fully saturated rings. The number of halogens is 3. The number of alkyl halides is 3. The van der Waals surface area contributed by atoms with Crippen molar-refractivity contribution in [3.05, 3.63) is 5.82 Å². The summed E-state index contributed by atoms with van der Waals surface area (Å²) < 4.78 is 37.4. The summed E-state index contributed by atoms with van der Waals surface area (Å²) in [5.74, 6) is 0.302. The molecule has 0 amide bonds. The Hall–Kier alpha value is -1.18. The summed E-state index contributed by atoms with van der Waals surface area (Å²) >= 11 is 0. The molecule has 0 aliphatic heterocycles. The maximum Gasteiger partial charge on any atom is 0.416 e. The van der Waals surface area contributed by atoms with E-state index in [1.807, 2.05) is 0 Å². The lowest BCUT2D eigenvalue weighted by Crippen LogP contribution is -2.35. The first-order valence-corrected chi connectivity index (χ1v) is 4.64. The van der Waals surface area contributed by atoms with E-state index in [1.165, 1.54) is 0 Å². The molecule has 0 radical (unpaired) electrons. The van der Waals surface area contributed by atoms with Gasteiger partial charge in [-0.3, -0.25) is 0 Å². The molecule has 0 aliphatic carbocycles. The molecule has 0 aliphatic rings. The van der Waals surface area contributed by atoms with Gasteiger partial charge in [-0.15, -0.1) is 5.10 Å². The normalized spacial score (nSPS) is 15.2. The monoisotopic (exact) mass is 238 g/mol. The molecular formula is C8H13F3N4O. The van der Waals surface area contributed by atoms with Gasteiger partial charge in [0.1, 0.15) is 0 Å². The highest BCUT2D eigenvalue weighted by atomic mass is 19.4. The van der Waals surface area contributed by atoms with Gasteiger partial charge in [0.25, 0.3) is 0 Å². The first-order chi connectivity index (χ1) is 7.12. The number of hydrogen-bond acceptors (Lipinski definition) is 4. The van der Waals surface area contributed by atoms with E-state index in [1.54, 1.807) is 20.8 Å². The van der Waals surface area contributed by atoms with Crippen LogP contribution in [0.2, 0.25) is 0 Å². The van der Waals surface area contributed by atoms with E-state index in [4.69, 9.17) is 5.11 Å². The zero-order valence-corrected chi connectivity index (χ0v) is 9.15. The molecule has 0 bridgehead atoms. The minimum atomic E-state index is -4.67. The van der Waals surface area contributed by atoms with Gasteiger partial charge in [-0.05, 0) is 10.4 Å². The predicted octanol–water partition coefficient (Wildman–Crippen LogP) is 0.894. The third-order valence-electron chi connectivity index (χ3n) is 1.93. The fourth-order valence-corrected chi connectivity index (χ4v) is 1.13. The number of aliphatic hydroxyl groups is 1. The average Bonchev–Trinajstić information content (AvgIpc) is 2.49. The molecule has 1 unspecified atom stereocenters. The molecule has 1 aromatic rings. The lowest BCUT2D eigenvalue weighted by atomic mass is 9.96. The van der Waals surface area contributed by atoms with E-state index in [0.29, 0.717) is 5.82 Å². The Bertz CT molecular complexity index is 355. The highest BCUT2D eigenvalue weighted by Gasteiger charge is 2.39. The summed E-state index contributed by atoms with van der Waals surface area (Å²) in [5.41, 5.74) is -0.477. The maximum atomic E-state index is 12.1. The van der Waals surface area contributed by atoms with Gasteiger partial charge >= 0.3 is 6.18 Å². The Morgan fingerprint density at radius 3 is 2.31 bits per heavy atom. The van der Waals surface area contributed by atoms with Gasteiger partial charge in [0.15, 0.2) is 11.9 Å². The van der Waals surface area contributed by atoms with Crippen molar-refractivity contribution in [2.24, 2.45) is 0 Å². The van der Waals surface area contributed by atoms with E-state index in [0.717, 1.165) is 4.68 Å². The molecule has 1 aromatic heterocycles. The summed E-state index contributed by atoms with van der Waals surface area (Å²) in [6, 6.07) is 0. The van der Waals surface area contributed by atoms with Crippen LogP contribution in [0, 0.1) is 0 Å². The van der Waals surface area contributed by atoms with Crippen LogP contribution >= 0.6 is 0 Å². The van der Waals surface area contributed by atoms with Crippen LogP contribution in [0.1, 0.15) is 26.6 Å². The van der Waals surface area contributed by atoms with Gasteiger partial charge in [0.05, 0.1) is 6.54 Å². The zero-order valence-electron chi connectivity index (χ0n) is 9.15. The van der Waals surface area contributed by atoms with E-state index >= 15 is 0 Å². The second-order valence-corrected chi connectivity index (χ2v) is 4.49. The summed E-state index contributed by atoms with van der Waals surface area (Å²) in [6.07, 6.45) is -7.13. The minimum Gasteiger partial charge on any atom is -0.382 e. The molecule has 8 heteroatoms. The standard InChI is InChI=1S/C8H13F3N4O/c1-7(2,3)6-12-13-14-15(6)4-5(16)8(9,10)11/h5,16H,4H2,1-3H3. The Labute approximate surface area is 90.3 Å². The number of hydrogen-bond donors (Lipinski definition) is 1. The number of rotatable bonds is 2. The Morgan fingerprint density at radius 1 is 1.31 bits per heavy atom. The van der Waals surface area contributed by atoms with E-state index in [9.17, 15) is 13.2 Å². The molecule has 0 saturated carbocycles. The van der Waals surface area contributed by atoms with E-state index in [2.05, 4.69) is 15.5 Å². The number of aliphatic hydroxyl groups excluding tert-OH is 1. The van der Waals surface area contributed by atoms with Gasteiger partial charge < -0.3 is 5.11 Å². The summed E-state index contributed by atoms with van der Waals surface area (Å²) in [4.78, 5) is 0. The molecule has 0 spiro atoms. The van der Waals surface area contributed by atoms with Gasteiger partial charge in [-0.25, -0.2) is 4.68 Å². The number of aromatic nitrogens is 4. The first-order valence-electron chi connectivity index (χ1n) is 4.64. The fraction of sp³-hybridized carbons (Fsp3) is 0.875. The average molecular weight is 238 g/mol. The third kappa shape index (κ3) is 2.91. The second kappa shape index (κ2) is 4.00. The molecule has 1 heterocycles. The van der Waals surface area contributed by atoms with Crippen molar-refractivity contribution in [1.82, 2.24) is 20.2 Å². The third-order valence-corrected chi connectivity index (χ3v) is 1.93. The smallest absolute Gasteiger partial charge is 0.382 e. The van der Waals surface area contributed by atoms with Crippen LogP contribution in [0.15, 0.2) is 0 Å². The molecular weight excluding hydrogens is 225 g/mol. The molecule has 5 nitrogen and oxygen atoms in total. The van der Waals surface area contributed by atoms with Crippen LogP contribution in [0.5, 0.6) is 0 Å². The highest BCUT2D eigenvalue weighted by Crippen LogP contribution is 2.23. The van der Waals surface area contributed by atoms with Crippen molar-refractivity contribution < 1.29 is 18.3 Å². The summed E-state index contributed by atoms with van der Waals surface area (Å²) in [5, 5.41) is 19.3. The van der Waals surface area contributed by atoms with Gasteiger partial charge in [-0.1, -0.05) is 20.8 Å². The van der Waals surface area contributed by atoms with Gasteiger partial charge in [-0.2, -0.15) is 13.2 Å². The van der Waals surface area contributed by atoms with E-state index < -0.39 is 24.2 Å². The van der Waals surface area contributed by atoms with Crippen LogP contribution in [-0.2, 0) is 12.0 Å². The zero-order chi connectivity index (χ0) is 12.6. The van der Waals surface area contributed by atoms with Crippen molar-refractivity contribution >= 4 is 0 Å². The largest absolute Gasteiger partial charge is 0.416 e. The molecule has 1 rings (SSSR count). The Balaban J connectivity index is 2.87. The minimum absolute atomic E-state index is 0.302. The lowest BCUT2D eigenvalue weighted by Gasteiger charge is -2.19. The first kappa shape index (κ1) is 12.9. The Kier molecular flexibility index (Phi) is 3.22. The van der Waals surface area contributed by atoms with Crippen LogP contribution < -0.4 is 0 Å². The molecule has 1 N–H and O–H groups in total. The van der Waals surface area contributed by atoms with Crippen LogP contribution in [-0.4, -0.2) is 37.6 Å². The van der Waals surface area contributed by atoms with Crippen molar-refractivity contribution in [3.8, 4) is 0 Å². The molecule has 0 aromatic carbocycles. The predicted molar refractivity (Wildman–Crippen MR) is 48.6 cm³/mol. The maximum absolute atomic E-state index is 12.1. The van der Waals surface area contributed by atoms with Gasteiger partial charge in [0.2, 0.25) is 0 Å². The Morgan fingerprint density at radius 2 is 1.88 bits per heavy atom. The molecule has 0 saturated heterocycles. The number of tetrazole rings is 1. The summed E-state index contributed by atoms with van der Waals surface area (Å²) in [6.45, 7) is 4.63. The van der Waals surface area contributed by atoms with Crippen LogP contribution in [0.3, 0.4) is 0 Å². The number of nitrogens with zero attached hydrogens (tertiary/aromatic N) is 4. The van der Waals surface area contributed by atoms with E-state index in [-0.39, 0.29) is 0 Å². The molecule has 92 valence electrons. The molecule has 16 heavy (non-hydrogen) atoms. The highest BCUT2D eigenvalue weighted by molar-refractivity contribution is 4.98. The van der Waals surface area contributed by atoms with Crippen LogP contribution in [0.4, 0.5) is 13.2 Å². The van der Waals surface area contributed by atoms with Crippen molar-refractivity contribution in [1.29, 1.82) is 0 Å². The SMILES string of the molecule is CC(C)(C)c1nnnn1CC(O)C(F)(F)F. The van der Waals surface area contributed by atoms with Crippen LogP contribution in [0.25, 0.3) is 0 Å². The fourth-order valence-electron chi connectivity index (χ4n) is 1.13. The van der Waals surface area contributed by atoms with Gasteiger partial charge in [0, 0.05) is 5.41 Å². The quantitative estimate of drug-likeness (QED) is 0.831.